The first-order valence-electron chi connectivity index (χ1n) is 14.6. The molecule has 0 aromatic carbocycles. The number of hydrogen-bond acceptors (Lipinski definition) is 0. The minimum atomic E-state index is 1.35. The van der Waals surface area contributed by atoms with Crippen LogP contribution in [0.5, 0.6) is 0 Å². The van der Waals surface area contributed by atoms with Gasteiger partial charge in [0.15, 0.2) is 0 Å². The van der Waals surface area contributed by atoms with Gasteiger partial charge in [0.05, 0.1) is 26.2 Å². The number of unbranched alkanes of at least 4 members (excludes halogenated alkanes) is 17. The molecule has 0 saturated heterocycles. The SMILES string of the molecule is CCCCCCCCCCCCCCCCCC[N+](CCC)(CCCC)CCCC. The van der Waals surface area contributed by atoms with Crippen LogP contribution < -0.4 is 0 Å². The summed E-state index contributed by atoms with van der Waals surface area (Å²) in [5.74, 6) is 0. The molecule has 0 heterocycles. The maximum atomic E-state index is 2.39. The minimum absolute atomic E-state index is 1.35. The Bertz CT molecular complexity index is 303. The monoisotopic (exact) mass is 424 g/mol. The Morgan fingerprint density at radius 2 is 0.567 bits per heavy atom. The molecule has 0 unspecified atom stereocenters. The van der Waals surface area contributed by atoms with Crippen LogP contribution in [0.3, 0.4) is 0 Å². The van der Waals surface area contributed by atoms with E-state index in [2.05, 4.69) is 27.7 Å². The third-order valence-corrected chi connectivity index (χ3v) is 7.16. The number of quaternary nitrogens is 1. The van der Waals surface area contributed by atoms with Crippen molar-refractivity contribution in [1.82, 2.24) is 0 Å². The fraction of sp³-hybridized carbons (Fsp3) is 1.00. The molecule has 0 aliphatic carbocycles. The molecule has 0 N–H and O–H groups in total. The van der Waals surface area contributed by atoms with E-state index in [1.807, 2.05) is 0 Å². The molecule has 0 aromatic heterocycles. The van der Waals surface area contributed by atoms with Crippen LogP contribution in [0.4, 0.5) is 0 Å². The van der Waals surface area contributed by atoms with Crippen molar-refractivity contribution in [2.24, 2.45) is 0 Å². The lowest BCUT2D eigenvalue weighted by Crippen LogP contribution is -2.50. The fourth-order valence-electron chi connectivity index (χ4n) is 5.13. The van der Waals surface area contributed by atoms with Gasteiger partial charge >= 0.3 is 0 Å². The smallest absolute Gasteiger partial charge is 0.0786 e. The average molecular weight is 425 g/mol. The third kappa shape index (κ3) is 18.7. The van der Waals surface area contributed by atoms with Crippen molar-refractivity contribution in [3.63, 3.8) is 0 Å². The normalized spacial score (nSPS) is 12.0. The Morgan fingerprint density at radius 3 is 0.900 bits per heavy atom. The number of hydrogen-bond donors (Lipinski definition) is 0. The zero-order valence-corrected chi connectivity index (χ0v) is 22.1. The van der Waals surface area contributed by atoms with E-state index < -0.39 is 0 Å². The van der Waals surface area contributed by atoms with Gasteiger partial charge in [0.2, 0.25) is 0 Å². The van der Waals surface area contributed by atoms with Gasteiger partial charge in [-0.1, -0.05) is 130 Å². The molecule has 1 heteroatoms. The summed E-state index contributed by atoms with van der Waals surface area (Å²) in [4.78, 5) is 0. The van der Waals surface area contributed by atoms with Crippen molar-refractivity contribution in [3.8, 4) is 0 Å². The Hall–Kier alpha value is -0.0400. The van der Waals surface area contributed by atoms with Crippen molar-refractivity contribution in [2.45, 2.75) is 163 Å². The van der Waals surface area contributed by atoms with Crippen molar-refractivity contribution < 1.29 is 4.48 Å². The molecule has 0 aliphatic heterocycles. The quantitative estimate of drug-likeness (QED) is 0.101. The van der Waals surface area contributed by atoms with Crippen LogP contribution in [0.25, 0.3) is 0 Å². The van der Waals surface area contributed by atoms with Crippen molar-refractivity contribution >= 4 is 0 Å². The molecule has 0 saturated carbocycles. The van der Waals surface area contributed by atoms with Crippen LogP contribution in [-0.4, -0.2) is 30.7 Å². The van der Waals surface area contributed by atoms with Gasteiger partial charge in [-0.25, -0.2) is 0 Å². The highest BCUT2D eigenvalue weighted by atomic mass is 15.3. The molecule has 0 amide bonds. The molecule has 30 heavy (non-hydrogen) atoms. The lowest BCUT2D eigenvalue weighted by molar-refractivity contribution is -0.929. The summed E-state index contributed by atoms with van der Waals surface area (Å²) in [5, 5.41) is 0. The lowest BCUT2D eigenvalue weighted by atomic mass is 10.0. The van der Waals surface area contributed by atoms with Gasteiger partial charge in [-0.15, -0.1) is 0 Å². The van der Waals surface area contributed by atoms with Gasteiger partial charge in [-0.05, 0) is 32.1 Å². The molecular weight excluding hydrogens is 362 g/mol. The van der Waals surface area contributed by atoms with E-state index in [0.717, 1.165) is 0 Å². The van der Waals surface area contributed by atoms with Gasteiger partial charge in [0, 0.05) is 0 Å². The highest BCUT2D eigenvalue weighted by Gasteiger charge is 2.24. The second-order valence-electron chi connectivity index (χ2n) is 10.2. The van der Waals surface area contributed by atoms with Gasteiger partial charge in [-0.2, -0.15) is 0 Å². The maximum Gasteiger partial charge on any atom is 0.0786 e. The second kappa shape index (κ2) is 23.6. The third-order valence-electron chi connectivity index (χ3n) is 7.16. The predicted octanol–water partition coefficient (Wildman–Crippen LogP) is 10.1. The van der Waals surface area contributed by atoms with E-state index >= 15 is 0 Å². The molecule has 0 aromatic rings. The van der Waals surface area contributed by atoms with E-state index in [0.29, 0.717) is 0 Å². The van der Waals surface area contributed by atoms with E-state index in [1.165, 1.54) is 165 Å². The van der Waals surface area contributed by atoms with Crippen molar-refractivity contribution in [3.05, 3.63) is 0 Å². The van der Waals surface area contributed by atoms with Crippen LogP contribution in [0.1, 0.15) is 163 Å². The minimum Gasteiger partial charge on any atom is -0.324 e. The first-order valence-corrected chi connectivity index (χ1v) is 14.6. The Balaban J connectivity index is 3.62. The van der Waals surface area contributed by atoms with Crippen LogP contribution in [0.15, 0.2) is 0 Å². The first-order chi connectivity index (χ1) is 14.7. The molecular formula is C29H62N+. The molecule has 0 atom stereocenters. The Kier molecular flexibility index (Phi) is 23.6. The highest BCUT2D eigenvalue weighted by molar-refractivity contribution is 4.52. The van der Waals surface area contributed by atoms with Gasteiger partial charge in [0.25, 0.3) is 0 Å². The molecule has 0 radical (unpaired) electrons. The van der Waals surface area contributed by atoms with Gasteiger partial charge < -0.3 is 4.48 Å². The zero-order chi connectivity index (χ0) is 22.2. The van der Waals surface area contributed by atoms with E-state index in [9.17, 15) is 0 Å². The van der Waals surface area contributed by atoms with Crippen molar-refractivity contribution in [2.75, 3.05) is 26.2 Å². The standard InChI is InChI=1S/C29H62N/c1-5-9-12-13-14-15-16-17-18-19-20-21-22-23-24-25-29-30(26-8-4,27-10-6-2)28-11-7-3/h5-29H2,1-4H3/q+1. The fourth-order valence-corrected chi connectivity index (χ4v) is 5.13. The summed E-state index contributed by atoms with van der Waals surface area (Å²) in [6.45, 7) is 15.1. The predicted molar refractivity (Wildman–Crippen MR) is 139 cm³/mol. The molecule has 1 nitrogen and oxygen atoms in total. The molecule has 182 valence electrons. The first kappa shape index (κ1) is 30.0. The summed E-state index contributed by atoms with van der Waals surface area (Å²) in [6, 6.07) is 0. The van der Waals surface area contributed by atoms with Crippen LogP contribution in [-0.2, 0) is 0 Å². The van der Waals surface area contributed by atoms with Gasteiger partial charge in [0.1, 0.15) is 0 Å². The molecule has 0 spiro atoms. The lowest BCUT2D eigenvalue weighted by Gasteiger charge is -2.39. The molecule has 0 aliphatic rings. The summed E-state index contributed by atoms with van der Waals surface area (Å²) < 4.78 is 1.43. The molecule has 0 fully saturated rings. The zero-order valence-electron chi connectivity index (χ0n) is 22.1. The van der Waals surface area contributed by atoms with Gasteiger partial charge in [-0.3, -0.25) is 0 Å². The van der Waals surface area contributed by atoms with E-state index in [4.69, 9.17) is 0 Å². The Morgan fingerprint density at radius 1 is 0.267 bits per heavy atom. The van der Waals surface area contributed by atoms with Crippen LogP contribution in [0.2, 0.25) is 0 Å². The highest BCUT2D eigenvalue weighted by Crippen LogP contribution is 2.18. The molecule has 0 rings (SSSR count). The number of nitrogens with zero attached hydrogens (tertiary/aromatic N) is 1. The summed E-state index contributed by atoms with van der Waals surface area (Å²) in [6.07, 6.45) is 30.4. The second-order valence-corrected chi connectivity index (χ2v) is 10.2. The maximum absolute atomic E-state index is 2.39. The van der Waals surface area contributed by atoms with Crippen LogP contribution in [0, 0.1) is 0 Å². The number of rotatable bonds is 25. The largest absolute Gasteiger partial charge is 0.324 e. The summed E-state index contributed by atoms with van der Waals surface area (Å²) >= 11 is 0. The summed E-state index contributed by atoms with van der Waals surface area (Å²) in [5.41, 5.74) is 0. The van der Waals surface area contributed by atoms with Crippen LogP contribution >= 0.6 is 0 Å². The topological polar surface area (TPSA) is 0 Å². The van der Waals surface area contributed by atoms with Crippen molar-refractivity contribution in [1.29, 1.82) is 0 Å². The summed E-state index contributed by atoms with van der Waals surface area (Å²) in [7, 11) is 0. The van der Waals surface area contributed by atoms with E-state index in [-0.39, 0.29) is 0 Å². The molecule has 0 bridgehead atoms. The Labute approximate surface area is 193 Å². The average Bonchev–Trinajstić information content (AvgIpc) is 2.76. The van der Waals surface area contributed by atoms with E-state index in [1.54, 1.807) is 0 Å².